The van der Waals surface area contributed by atoms with E-state index >= 15 is 0 Å². The second-order valence-corrected chi connectivity index (χ2v) is 10.7. The number of anilines is 2. The number of benzene rings is 2. The Morgan fingerprint density at radius 3 is 2.67 bits per heavy atom. The Morgan fingerprint density at radius 2 is 1.97 bits per heavy atom. The fourth-order valence-electron chi connectivity index (χ4n) is 4.12. The summed E-state index contributed by atoms with van der Waals surface area (Å²) in [6.45, 7) is 0.620. The molecule has 0 aliphatic carbocycles. The number of carbonyl (C=O) groups is 2. The molecule has 12 heteroatoms. The maximum Gasteiger partial charge on any atom is 0.263 e. The van der Waals surface area contributed by atoms with E-state index in [4.69, 9.17) is 0 Å². The fraction of sp³-hybridized carbons (Fsp3) is 0.167. The first-order valence-corrected chi connectivity index (χ1v) is 13.3. The second kappa shape index (κ2) is 9.44. The van der Waals surface area contributed by atoms with Crippen LogP contribution in [-0.2, 0) is 26.2 Å². The van der Waals surface area contributed by atoms with Crippen LogP contribution in [-0.4, -0.2) is 54.3 Å². The normalized spacial score (nSPS) is 14.1. The summed E-state index contributed by atoms with van der Waals surface area (Å²) in [5, 5.41) is 12.0. The van der Waals surface area contributed by atoms with Crippen molar-refractivity contribution in [3.63, 3.8) is 0 Å². The third kappa shape index (κ3) is 4.53. The zero-order valence-corrected chi connectivity index (χ0v) is 20.5. The Kier molecular flexibility index (Phi) is 6.17. The zero-order valence-electron chi connectivity index (χ0n) is 18.9. The predicted molar refractivity (Wildman–Crippen MR) is 137 cm³/mol. The van der Waals surface area contributed by atoms with Gasteiger partial charge in [0, 0.05) is 48.9 Å². The first kappa shape index (κ1) is 23.5. The highest BCUT2D eigenvalue weighted by atomic mass is 32.2. The molecule has 5 rings (SSSR count). The predicted octanol–water partition coefficient (Wildman–Crippen LogP) is 2.89. The second-order valence-electron chi connectivity index (χ2n) is 8.09. The Hall–Kier alpha value is -4.21. The lowest BCUT2D eigenvalue weighted by Gasteiger charge is -2.34. The number of thiazole rings is 1. The van der Waals surface area contributed by atoms with Crippen LogP contribution in [0.1, 0.15) is 6.99 Å². The van der Waals surface area contributed by atoms with Gasteiger partial charge >= 0.3 is 0 Å². The van der Waals surface area contributed by atoms with Crippen molar-refractivity contribution in [1.82, 2.24) is 14.5 Å². The summed E-state index contributed by atoms with van der Waals surface area (Å²) in [5.74, 6) is -0.451. The molecule has 36 heavy (non-hydrogen) atoms. The lowest BCUT2D eigenvalue weighted by Crippen LogP contribution is -2.53. The van der Waals surface area contributed by atoms with E-state index in [2.05, 4.69) is 15.8 Å². The number of piperazine rings is 1. The molecule has 1 saturated heterocycles. The number of amides is 2. The van der Waals surface area contributed by atoms with Gasteiger partial charge in [-0.15, -0.1) is 11.3 Å². The van der Waals surface area contributed by atoms with Gasteiger partial charge in [0.15, 0.2) is 5.13 Å². The van der Waals surface area contributed by atoms with Crippen molar-refractivity contribution in [2.24, 2.45) is 0 Å². The first-order valence-electron chi connectivity index (χ1n) is 10.9. The van der Waals surface area contributed by atoms with Crippen molar-refractivity contribution in [2.45, 2.75) is 11.4 Å². The van der Waals surface area contributed by atoms with Gasteiger partial charge < -0.3 is 14.4 Å². The number of hydrogen-bond donors (Lipinski definition) is 1. The molecule has 3 heterocycles. The zero-order chi connectivity index (χ0) is 25.3. The maximum atomic E-state index is 12.9. The third-order valence-corrected chi connectivity index (χ3v) is 8.10. The maximum absolute atomic E-state index is 12.9. The molecule has 2 aromatic heterocycles. The molecular weight excluding hydrogens is 500 g/mol. The molecule has 184 valence electrons. The molecule has 2 aromatic carbocycles. The Bertz CT molecular complexity index is 1590. The largest absolute Gasteiger partial charge is 0.338 e. The standard InChI is InChI=1S/C24H20N6O4S2.H2/c25-14-17-2-1-3-21-20(17)8-10-28(21)15-22(31)29-11-12-30(23(32)16-29)18-4-6-19(7-5-18)36(33,34)27-24-26-9-13-35-24;/h1-10,13H,11-12,15-16H2,(H,26,27);1H. The minimum Gasteiger partial charge on any atom is -0.338 e. The van der Waals surface area contributed by atoms with E-state index < -0.39 is 10.0 Å². The number of sulfonamides is 1. The topological polar surface area (TPSA) is 128 Å². The summed E-state index contributed by atoms with van der Waals surface area (Å²) < 4.78 is 29.2. The number of nitrogens with one attached hydrogen (secondary N) is 1. The molecule has 1 N–H and O–H groups in total. The van der Waals surface area contributed by atoms with Gasteiger partial charge in [0.05, 0.1) is 16.5 Å². The van der Waals surface area contributed by atoms with Crippen LogP contribution in [0.5, 0.6) is 0 Å². The molecule has 0 spiro atoms. The molecule has 10 nitrogen and oxygen atoms in total. The molecule has 0 unspecified atom stereocenters. The molecule has 2 amide bonds. The van der Waals surface area contributed by atoms with Crippen molar-refractivity contribution in [1.29, 1.82) is 5.26 Å². The van der Waals surface area contributed by atoms with Gasteiger partial charge in [0.1, 0.15) is 13.1 Å². The average Bonchev–Trinajstić information content (AvgIpc) is 3.53. The van der Waals surface area contributed by atoms with Crippen LogP contribution in [0.15, 0.2) is 71.2 Å². The number of carbonyl (C=O) groups excluding carboxylic acids is 2. The fourth-order valence-corrected chi connectivity index (χ4v) is 5.91. The molecule has 0 bridgehead atoms. The highest BCUT2D eigenvalue weighted by molar-refractivity contribution is 7.93. The van der Waals surface area contributed by atoms with Crippen LogP contribution < -0.4 is 9.62 Å². The van der Waals surface area contributed by atoms with Crippen molar-refractivity contribution < 1.29 is 19.4 Å². The van der Waals surface area contributed by atoms with Gasteiger partial charge in [-0.25, -0.2) is 13.4 Å². The molecule has 1 fully saturated rings. The summed E-state index contributed by atoms with van der Waals surface area (Å²) in [7, 11) is -3.79. The summed E-state index contributed by atoms with van der Waals surface area (Å²) in [6, 6.07) is 15.3. The molecular formula is C24H22N6O4S2. The summed E-state index contributed by atoms with van der Waals surface area (Å²) >= 11 is 1.18. The summed E-state index contributed by atoms with van der Waals surface area (Å²) in [6.07, 6.45) is 3.27. The smallest absolute Gasteiger partial charge is 0.263 e. The van der Waals surface area contributed by atoms with E-state index in [0.717, 1.165) is 10.9 Å². The van der Waals surface area contributed by atoms with Crippen molar-refractivity contribution in [3.8, 4) is 6.07 Å². The number of hydrogen-bond acceptors (Lipinski definition) is 7. The van der Waals surface area contributed by atoms with Crippen LogP contribution >= 0.6 is 11.3 Å². The molecule has 0 saturated carbocycles. The van der Waals surface area contributed by atoms with Crippen LogP contribution in [0, 0.1) is 11.3 Å². The van der Waals surface area contributed by atoms with E-state index in [1.165, 1.54) is 34.6 Å². The van der Waals surface area contributed by atoms with Gasteiger partial charge in [0.2, 0.25) is 11.8 Å². The number of nitriles is 1. The van der Waals surface area contributed by atoms with E-state index in [-0.39, 0.29) is 36.4 Å². The van der Waals surface area contributed by atoms with Gasteiger partial charge in [-0.3, -0.25) is 14.3 Å². The van der Waals surface area contributed by atoms with Gasteiger partial charge in [0.25, 0.3) is 10.0 Å². The van der Waals surface area contributed by atoms with E-state index in [1.807, 2.05) is 6.07 Å². The van der Waals surface area contributed by atoms with Crippen molar-refractivity contribution in [2.75, 3.05) is 29.3 Å². The van der Waals surface area contributed by atoms with Crippen molar-refractivity contribution in [3.05, 3.63) is 71.9 Å². The molecule has 0 atom stereocenters. The highest BCUT2D eigenvalue weighted by Crippen LogP contribution is 2.24. The number of fused-ring (bicyclic) bond motifs is 1. The minimum atomic E-state index is -3.79. The Labute approximate surface area is 212 Å². The number of nitrogens with zero attached hydrogens (tertiary/aromatic N) is 5. The molecule has 1 aliphatic heterocycles. The first-order chi connectivity index (χ1) is 17.4. The lowest BCUT2D eigenvalue weighted by atomic mass is 10.1. The monoisotopic (exact) mass is 522 g/mol. The summed E-state index contributed by atoms with van der Waals surface area (Å²) in [4.78, 5) is 32.8. The highest BCUT2D eigenvalue weighted by Gasteiger charge is 2.28. The average molecular weight is 523 g/mol. The van der Waals surface area contributed by atoms with Crippen molar-refractivity contribution >= 4 is 54.9 Å². The van der Waals surface area contributed by atoms with Crippen LogP contribution in [0.3, 0.4) is 0 Å². The SMILES string of the molecule is N#Cc1cccc2c1ccn2CC(=O)N1CCN(c2ccc(S(=O)(=O)Nc3nccs3)cc2)C(=O)C1.[HH]. The third-order valence-electron chi connectivity index (χ3n) is 5.93. The molecule has 4 aromatic rings. The minimum absolute atomic E-state index is 0. The number of rotatable bonds is 6. The summed E-state index contributed by atoms with van der Waals surface area (Å²) in [5.41, 5.74) is 1.88. The van der Waals surface area contributed by atoms with Gasteiger partial charge in [-0.1, -0.05) is 6.07 Å². The molecule has 1 aliphatic rings. The lowest BCUT2D eigenvalue weighted by molar-refractivity contribution is -0.137. The van der Waals surface area contributed by atoms with E-state index in [9.17, 15) is 23.3 Å². The van der Waals surface area contributed by atoms with Crippen LogP contribution in [0.4, 0.5) is 10.8 Å². The van der Waals surface area contributed by atoms with Crippen LogP contribution in [0.2, 0.25) is 0 Å². The van der Waals surface area contributed by atoms with Gasteiger partial charge in [-0.05, 0) is 42.5 Å². The number of aromatic nitrogens is 2. The molecule has 0 radical (unpaired) electrons. The quantitative estimate of drug-likeness (QED) is 0.415. The van der Waals surface area contributed by atoms with E-state index in [0.29, 0.717) is 24.3 Å². The Balaban J connectivity index is 0.00000320. The van der Waals surface area contributed by atoms with E-state index in [1.54, 1.807) is 51.4 Å². The van der Waals surface area contributed by atoms with Crippen LogP contribution in [0.25, 0.3) is 10.9 Å². The van der Waals surface area contributed by atoms with Gasteiger partial charge in [-0.2, -0.15) is 5.26 Å². The Morgan fingerprint density at radius 1 is 1.17 bits per heavy atom.